The molecule has 0 fully saturated rings. The van der Waals surface area contributed by atoms with Crippen molar-refractivity contribution in [2.24, 2.45) is 0 Å². The summed E-state index contributed by atoms with van der Waals surface area (Å²) in [6, 6.07) is 2.13. The number of rotatable bonds is 6. The summed E-state index contributed by atoms with van der Waals surface area (Å²) in [5, 5.41) is 14.1. The van der Waals surface area contributed by atoms with Crippen LogP contribution in [0.15, 0.2) is 22.8 Å². The van der Waals surface area contributed by atoms with Crippen LogP contribution in [-0.2, 0) is 4.79 Å². The van der Waals surface area contributed by atoms with Crippen molar-refractivity contribution < 1.29 is 19.1 Å². The third-order valence-corrected chi connectivity index (χ3v) is 2.55. The highest BCUT2D eigenvalue weighted by Crippen LogP contribution is 2.00. The van der Waals surface area contributed by atoms with Crippen LogP contribution in [0.2, 0.25) is 0 Å². The standard InChI is InChI=1S/C12H18N2O4/c1-3-9(7-15)14-11(16)8(2)13-12(17)10-5-4-6-18-10/h4-6,8-9,15H,3,7H2,1-2H3,(H,13,17)(H,14,16)/t8?,9-/m1/s1. The fourth-order valence-corrected chi connectivity index (χ4v) is 1.34. The summed E-state index contributed by atoms with van der Waals surface area (Å²) in [5.74, 6) is -0.626. The van der Waals surface area contributed by atoms with Crippen molar-refractivity contribution in [3.63, 3.8) is 0 Å². The molecule has 2 amide bonds. The second kappa shape index (κ2) is 6.80. The third-order valence-electron chi connectivity index (χ3n) is 2.55. The van der Waals surface area contributed by atoms with E-state index in [1.165, 1.54) is 12.3 Å². The molecule has 2 atom stereocenters. The smallest absolute Gasteiger partial charge is 0.287 e. The van der Waals surface area contributed by atoms with Crippen LogP contribution in [0.25, 0.3) is 0 Å². The van der Waals surface area contributed by atoms with Crippen molar-refractivity contribution in [2.75, 3.05) is 6.61 Å². The number of aliphatic hydroxyl groups is 1. The van der Waals surface area contributed by atoms with Gasteiger partial charge in [-0.3, -0.25) is 9.59 Å². The van der Waals surface area contributed by atoms with E-state index in [4.69, 9.17) is 9.52 Å². The first-order valence-corrected chi connectivity index (χ1v) is 5.84. The second-order valence-electron chi connectivity index (χ2n) is 3.97. The Morgan fingerprint density at radius 2 is 2.17 bits per heavy atom. The zero-order valence-corrected chi connectivity index (χ0v) is 10.5. The Labute approximate surface area is 105 Å². The number of nitrogens with one attached hydrogen (secondary N) is 2. The highest BCUT2D eigenvalue weighted by molar-refractivity contribution is 5.95. The van der Waals surface area contributed by atoms with Crippen LogP contribution >= 0.6 is 0 Å². The molecule has 1 aromatic heterocycles. The van der Waals surface area contributed by atoms with E-state index >= 15 is 0 Å². The molecule has 1 heterocycles. The normalized spacial score (nSPS) is 13.7. The quantitative estimate of drug-likeness (QED) is 0.680. The Morgan fingerprint density at radius 3 is 2.67 bits per heavy atom. The van der Waals surface area contributed by atoms with Crippen LogP contribution in [0.4, 0.5) is 0 Å². The van der Waals surface area contributed by atoms with E-state index in [-0.39, 0.29) is 24.3 Å². The van der Waals surface area contributed by atoms with Crippen LogP contribution in [0, 0.1) is 0 Å². The maximum absolute atomic E-state index is 11.7. The minimum absolute atomic E-state index is 0.124. The maximum atomic E-state index is 11.7. The van der Waals surface area contributed by atoms with E-state index in [1.54, 1.807) is 13.0 Å². The van der Waals surface area contributed by atoms with Gasteiger partial charge in [0.05, 0.1) is 18.9 Å². The largest absolute Gasteiger partial charge is 0.459 e. The van der Waals surface area contributed by atoms with Gasteiger partial charge in [-0.05, 0) is 25.5 Å². The van der Waals surface area contributed by atoms with Gasteiger partial charge in [-0.1, -0.05) is 6.92 Å². The first kappa shape index (κ1) is 14.2. The predicted molar refractivity (Wildman–Crippen MR) is 64.9 cm³/mol. The zero-order chi connectivity index (χ0) is 13.5. The minimum Gasteiger partial charge on any atom is -0.459 e. The van der Waals surface area contributed by atoms with Gasteiger partial charge in [0.25, 0.3) is 5.91 Å². The first-order chi connectivity index (χ1) is 8.58. The van der Waals surface area contributed by atoms with Crippen molar-refractivity contribution in [1.29, 1.82) is 0 Å². The molecule has 100 valence electrons. The molecule has 0 aliphatic heterocycles. The van der Waals surface area contributed by atoms with Crippen molar-refractivity contribution in [2.45, 2.75) is 32.4 Å². The molecule has 6 nitrogen and oxygen atoms in total. The molecule has 1 unspecified atom stereocenters. The molecule has 6 heteroatoms. The maximum Gasteiger partial charge on any atom is 0.287 e. The zero-order valence-electron chi connectivity index (χ0n) is 10.5. The Morgan fingerprint density at radius 1 is 1.44 bits per heavy atom. The monoisotopic (exact) mass is 254 g/mol. The lowest BCUT2D eigenvalue weighted by atomic mass is 10.2. The Balaban J connectivity index is 2.47. The van der Waals surface area contributed by atoms with E-state index < -0.39 is 11.9 Å². The third kappa shape index (κ3) is 3.89. The molecule has 1 aromatic rings. The predicted octanol–water partition coefficient (Wildman–Crippen LogP) is 0.285. The SMILES string of the molecule is CC[C@H](CO)NC(=O)C(C)NC(=O)c1ccco1. The van der Waals surface area contributed by atoms with E-state index in [0.29, 0.717) is 6.42 Å². The lowest BCUT2D eigenvalue weighted by Gasteiger charge is -2.18. The molecule has 0 bridgehead atoms. The van der Waals surface area contributed by atoms with Gasteiger partial charge in [-0.15, -0.1) is 0 Å². The van der Waals surface area contributed by atoms with E-state index in [2.05, 4.69) is 10.6 Å². The molecule has 0 aromatic carbocycles. The number of furan rings is 1. The van der Waals surface area contributed by atoms with Gasteiger partial charge in [0.2, 0.25) is 5.91 Å². The molecule has 3 N–H and O–H groups in total. The number of hydrogen-bond donors (Lipinski definition) is 3. The van der Waals surface area contributed by atoms with Crippen molar-refractivity contribution in [3.8, 4) is 0 Å². The van der Waals surface area contributed by atoms with Gasteiger partial charge in [0.1, 0.15) is 6.04 Å². The highest BCUT2D eigenvalue weighted by atomic mass is 16.3. The Bertz CT molecular complexity index is 385. The molecule has 0 saturated heterocycles. The average Bonchev–Trinajstić information content (AvgIpc) is 2.89. The number of carbonyl (C=O) groups excluding carboxylic acids is 2. The lowest BCUT2D eigenvalue weighted by molar-refractivity contribution is -0.123. The molecular formula is C12H18N2O4. The van der Waals surface area contributed by atoms with Crippen LogP contribution in [0.3, 0.4) is 0 Å². The Hall–Kier alpha value is -1.82. The summed E-state index contributed by atoms with van der Waals surface area (Å²) in [4.78, 5) is 23.3. The molecule has 0 aliphatic rings. The number of carbonyl (C=O) groups is 2. The van der Waals surface area contributed by atoms with Crippen LogP contribution in [0.5, 0.6) is 0 Å². The second-order valence-corrected chi connectivity index (χ2v) is 3.97. The molecule has 0 radical (unpaired) electrons. The van der Waals surface area contributed by atoms with Gasteiger partial charge >= 0.3 is 0 Å². The van der Waals surface area contributed by atoms with Crippen molar-refractivity contribution >= 4 is 11.8 Å². The molecule has 1 rings (SSSR count). The molecule has 0 saturated carbocycles. The topological polar surface area (TPSA) is 91.6 Å². The van der Waals surface area contributed by atoms with Crippen molar-refractivity contribution in [3.05, 3.63) is 24.2 Å². The number of hydrogen-bond acceptors (Lipinski definition) is 4. The summed E-state index contributed by atoms with van der Waals surface area (Å²) in [7, 11) is 0. The van der Waals surface area contributed by atoms with Gasteiger partial charge in [-0.2, -0.15) is 0 Å². The summed E-state index contributed by atoms with van der Waals surface area (Å²) in [6.07, 6.45) is 2.01. The number of aliphatic hydroxyl groups excluding tert-OH is 1. The summed E-state index contributed by atoms with van der Waals surface area (Å²) < 4.78 is 4.92. The molecule has 0 aliphatic carbocycles. The van der Waals surface area contributed by atoms with Gasteiger partial charge in [0, 0.05) is 0 Å². The van der Waals surface area contributed by atoms with Gasteiger partial charge < -0.3 is 20.2 Å². The first-order valence-electron chi connectivity index (χ1n) is 5.84. The van der Waals surface area contributed by atoms with Crippen LogP contribution < -0.4 is 10.6 Å². The van der Waals surface area contributed by atoms with Crippen molar-refractivity contribution in [1.82, 2.24) is 10.6 Å². The molecule has 0 spiro atoms. The van der Waals surface area contributed by atoms with E-state index in [0.717, 1.165) is 0 Å². The summed E-state index contributed by atoms with van der Waals surface area (Å²) in [5.41, 5.74) is 0. The minimum atomic E-state index is -0.691. The average molecular weight is 254 g/mol. The molecule has 18 heavy (non-hydrogen) atoms. The summed E-state index contributed by atoms with van der Waals surface area (Å²) >= 11 is 0. The van der Waals surface area contributed by atoms with E-state index in [9.17, 15) is 9.59 Å². The van der Waals surface area contributed by atoms with Crippen LogP contribution in [0.1, 0.15) is 30.8 Å². The highest BCUT2D eigenvalue weighted by Gasteiger charge is 2.19. The van der Waals surface area contributed by atoms with E-state index in [1.807, 2.05) is 6.92 Å². The fraction of sp³-hybridized carbons (Fsp3) is 0.500. The van der Waals surface area contributed by atoms with Gasteiger partial charge in [-0.25, -0.2) is 0 Å². The molecular weight excluding hydrogens is 236 g/mol. The number of amides is 2. The van der Waals surface area contributed by atoms with Gasteiger partial charge in [0.15, 0.2) is 5.76 Å². The lowest BCUT2D eigenvalue weighted by Crippen LogP contribution is -2.48. The Kier molecular flexibility index (Phi) is 5.38. The fourth-order valence-electron chi connectivity index (χ4n) is 1.34. The summed E-state index contributed by atoms with van der Waals surface area (Å²) in [6.45, 7) is 3.30. The van der Waals surface area contributed by atoms with Crippen LogP contribution in [-0.4, -0.2) is 35.6 Å².